The van der Waals surface area contributed by atoms with E-state index in [-0.39, 0.29) is 20.2 Å². The number of para-hydroxylation sites is 1. The van der Waals surface area contributed by atoms with Crippen LogP contribution in [0.15, 0.2) is 30.3 Å². The molecule has 1 N–H and O–H groups in total. The molecule has 0 saturated heterocycles. The molecule has 1 aromatic heterocycles. The van der Waals surface area contributed by atoms with Crippen LogP contribution in [0.25, 0.3) is 0 Å². The van der Waals surface area contributed by atoms with Crippen molar-refractivity contribution in [3.63, 3.8) is 0 Å². The van der Waals surface area contributed by atoms with E-state index in [0.717, 1.165) is 5.69 Å². The summed E-state index contributed by atoms with van der Waals surface area (Å²) < 4.78 is 0. The maximum absolute atomic E-state index is 6.02. The normalized spacial score (nSPS) is 10.4. The molecule has 0 spiro atoms. The van der Waals surface area contributed by atoms with Gasteiger partial charge in [0.05, 0.1) is 10.0 Å². The van der Waals surface area contributed by atoms with Gasteiger partial charge >= 0.3 is 0 Å². The Balaban J connectivity index is 2.41. The Hall–Kier alpha value is -0.670. The summed E-state index contributed by atoms with van der Waals surface area (Å²) in [6.45, 7) is 0. The van der Waals surface area contributed by atoms with E-state index in [1.165, 1.54) is 0 Å². The number of hydrogen-bond acceptors (Lipinski definition) is 2. The molecule has 0 radical (unpaired) electrons. The number of benzene rings is 1. The molecule has 6 heteroatoms. The monoisotopic (exact) mass is 306 g/mol. The van der Waals surface area contributed by atoms with E-state index in [1.54, 1.807) is 0 Å². The van der Waals surface area contributed by atoms with Gasteiger partial charge in [0, 0.05) is 5.69 Å². The van der Waals surface area contributed by atoms with Crippen molar-refractivity contribution < 1.29 is 0 Å². The quantitative estimate of drug-likeness (QED) is 0.747. The third-order valence-corrected chi connectivity index (χ3v) is 3.70. The largest absolute Gasteiger partial charge is 0.339 e. The number of nitrogens with zero attached hydrogens (tertiary/aromatic N) is 1. The molecule has 2 nitrogen and oxygen atoms in total. The fourth-order valence-corrected chi connectivity index (χ4v) is 2.00. The summed E-state index contributed by atoms with van der Waals surface area (Å²) in [7, 11) is 0. The van der Waals surface area contributed by atoms with Crippen LogP contribution >= 0.6 is 46.4 Å². The lowest BCUT2D eigenvalue weighted by Gasteiger charge is -2.10. The molecule has 2 rings (SSSR count). The first-order valence-corrected chi connectivity index (χ1v) is 6.13. The first-order valence-electron chi connectivity index (χ1n) is 4.61. The number of pyridine rings is 1. The number of aromatic nitrogens is 1. The number of hydrogen-bond donors (Lipinski definition) is 1. The van der Waals surface area contributed by atoms with Crippen LogP contribution in [0.5, 0.6) is 0 Å². The van der Waals surface area contributed by atoms with Gasteiger partial charge in [0.1, 0.15) is 5.02 Å². The molecule has 17 heavy (non-hydrogen) atoms. The van der Waals surface area contributed by atoms with Crippen LogP contribution in [-0.4, -0.2) is 4.98 Å². The summed E-state index contributed by atoms with van der Waals surface area (Å²) in [4.78, 5) is 4.03. The van der Waals surface area contributed by atoms with Crippen LogP contribution in [0, 0.1) is 0 Å². The maximum Gasteiger partial charge on any atom is 0.152 e. The molecule has 0 bridgehead atoms. The SMILES string of the molecule is Clc1nc(Nc2ccccc2)c(Cl)c(Cl)c1Cl. The highest BCUT2D eigenvalue weighted by Crippen LogP contribution is 2.39. The van der Waals surface area contributed by atoms with Crippen molar-refractivity contribution in [3.8, 4) is 0 Å². The average molecular weight is 308 g/mol. The van der Waals surface area contributed by atoms with Crippen molar-refractivity contribution in [2.75, 3.05) is 5.32 Å². The van der Waals surface area contributed by atoms with E-state index >= 15 is 0 Å². The average Bonchev–Trinajstić information content (AvgIpc) is 2.35. The van der Waals surface area contributed by atoms with E-state index in [9.17, 15) is 0 Å². The molecule has 0 aliphatic rings. The lowest BCUT2D eigenvalue weighted by atomic mass is 10.3. The summed E-state index contributed by atoms with van der Waals surface area (Å²) in [6, 6.07) is 9.41. The van der Waals surface area contributed by atoms with Crippen molar-refractivity contribution in [2.45, 2.75) is 0 Å². The molecule has 0 saturated carbocycles. The van der Waals surface area contributed by atoms with E-state index < -0.39 is 0 Å². The van der Waals surface area contributed by atoms with Crippen LogP contribution in [-0.2, 0) is 0 Å². The molecule has 0 aliphatic heterocycles. The Labute approximate surface area is 118 Å². The highest BCUT2D eigenvalue weighted by atomic mass is 35.5. The first-order chi connectivity index (χ1) is 8.09. The molecule has 0 fully saturated rings. The highest BCUT2D eigenvalue weighted by Gasteiger charge is 2.14. The molecule has 1 aromatic carbocycles. The topological polar surface area (TPSA) is 24.9 Å². The highest BCUT2D eigenvalue weighted by molar-refractivity contribution is 6.52. The molecule has 1 heterocycles. The van der Waals surface area contributed by atoms with Crippen molar-refractivity contribution in [1.82, 2.24) is 4.98 Å². The standard InChI is InChI=1S/C11H6Cl4N2/c12-7-8(13)10(15)17-11(9(7)14)16-6-4-2-1-3-5-6/h1-5H,(H,16,17). The van der Waals surface area contributed by atoms with Gasteiger partial charge in [-0.25, -0.2) is 4.98 Å². The summed E-state index contributed by atoms with van der Waals surface area (Å²) in [5, 5.41) is 3.70. The van der Waals surface area contributed by atoms with Gasteiger partial charge in [-0.15, -0.1) is 0 Å². The van der Waals surface area contributed by atoms with E-state index in [4.69, 9.17) is 46.4 Å². The molecule has 0 amide bonds. The van der Waals surface area contributed by atoms with E-state index in [1.807, 2.05) is 30.3 Å². The van der Waals surface area contributed by atoms with Crippen LogP contribution < -0.4 is 5.32 Å². The van der Waals surface area contributed by atoms with Gasteiger partial charge in [-0.05, 0) is 12.1 Å². The van der Waals surface area contributed by atoms with Crippen molar-refractivity contribution in [1.29, 1.82) is 0 Å². The minimum atomic E-state index is 0.111. The van der Waals surface area contributed by atoms with Crippen LogP contribution in [0.3, 0.4) is 0 Å². The zero-order valence-electron chi connectivity index (χ0n) is 8.35. The predicted molar refractivity (Wildman–Crippen MR) is 74.0 cm³/mol. The third kappa shape index (κ3) is 2.78. The van der Waals surface area contributed by atoms with Gasteiger partial charge in [-0.3, -0.25) is 0 Å². The third-order valence-electron chi connectivity index (χ3n) is 2.02. The Kier molecular flexibility index (Phi) is 4.00. The molecular formula is C11H6Cl4N2. The van der Waals surface area contributed by atoms with Gasteiger partial charge in [-0.2, -0.15) is 0 Å². The fourth-order valence-electron chi connectivity index (χ4n) is 1.23. The lowest BCUT2D eigenvalue weighted by Crippen LogP contribution is -1.96. The predicted octanol–water partition coefficient (Wildman–Crippen LogP) is 5.44. The van der Waals surface area contributed by atoms with Gasteiger partial charge in [-0.1, -0.05) is 64.6 Å². The minimum Gasteiger partial charge on any atom is -0.339 e. The minimum absolute atomic E-state index is 0.111. The van der Waals surface area contributed by atoms with Gasteiger partial charge in [0.25, 0.3) is 0 Å². The Bertz CT molecular complexity index is 543. The zero-order chi connectivity index (χ0) is 12.4. The first kappa shape index (κ1) is 12.8. The Morgan fingerprint density at radius 3 is 2.12 bits per heavy atom. The van der Waals surface area contributed by atoms with Crippen LogP contribution in [0.4, 0.5) is 11.5 Å². The van der Waals surface area contributed by atoms with Crippen LogP contribution in [0.2, 0.25) is 20.2 Å². The summed E-state index contributed by atoms with van der Waals surface area (Å²) in [6.07, 6.45) is 0. The second-order valence-electron chi connectivity index (χ2n) is 3.18. The van der Waals surface area contributed by atoms with Crippen LogP contribution in [0.1, 0.15) is 0 Å². The smallest absolute Gasteiger partial charge is 0.152 e. The molecule has 2 aromatic rings. The van der Waals surface area contributed by atoms with Crippen molar-refractivity contribution in [2.24, 2.45) is 0 Å². The molecule has 88 valence electrons. The summed E-state index contributed by atoms with van der Waals surface area (Å²) in [5.41, 5.74) is 0.830. The zero-order valence-corrected chi connectivity index (χ0v) is 11.4. The van der Waals surface area contributed by atoms with E-state index in [2.05, 4.69) is 10.3 Å². The number of rotatable bonds is 2. The number of halogens is 4. The Morgan fingerprint density at radius 2 is 1.47 bits per heavy atom. The lowest BCUT2D eigenvalue weighted by molar-refractivity contribution is 1.31. The fraction of sp³-hybridized carbons (Fsp3) is 0. The van der Waals surface area contributed by atoms with Gasteiger partial charge in [0.2, 0.25) is 0 Å². The second kappa shape index (κ2) is 5.32. The summed E-state index contributed by atoms with van der Waals surface area (Å²) >= 11 is 23.6. The number of anilines is 2. The van der Waals surface area contributed by atoms with Gasteiger partial charge < -0.3 is 5.32 Å². The second-order valence-corrected chi connectivity index (χ2v) is 4.68. The van der Waals surface area contributed by atoms with E-state index in [0.29, 0.717) is 5.82 Å². The molecule has 0 aliphatic carbocycles. The van der Waals surface area contributed by atoms with Gasteiger partial charge in [0.15, 0.2) is 11.0 Å². The molecular weight excluding hydrogens is 302 g/mol. The van der Waals surface area contributed by atoms with Crippen molar-refractivity contribution >= 4 is 57.9 Å². The number of nitrogens with one attached hydrogen (secondary N) is 1. The Morgan fingerprint density at radius 1 is 0.824 bits per heavy atom. The maximum atomic E-state index is 6.02. The molecule has 0 unspecified atom stereocenters. The summed E-state index contributed by atoms with van der Waals surface area (Å²) in [5.74, 6) is 0.372. The van der Waals surface area contributed by atoms with Crippen molar-refractivity contribution in [3.05, 3.63) is 50.6 Å². The molecule has 0 atom stereocenters.